The largest absolute Gasteiger partial charge is 0.351 e. The molecule has 0 atom stereocenters. The van der Waals surface area contributed by atoms with Crippen molar-refractivity contribution in [1.29, 1.82) is 0 Å². The summed E-state index contributed by atoms with van der Waals surface area (Å²) in [5.74, 6) is -1.59. The van der Waals surface area contributed by atoms with Crippen LogP contribution in [-0.2, 0) is 16.1 Å². The van der Waals surface area contributed by atoms with Gasteiger partial charge in [0, 0.05) is 30.5 Å². The normalized spacial score (nSPS) is 11.0. The molecule has 0 aliphatic heterocycles. The Morgan fingerprint density at radius 1 is 1.06 bits per heavy atom. The van der Waals surface area contributed by atoms with E-state index in [0.29, 0.717) is 17.1 Å². The Kier molecular flexibility index (Phi) is 6.83. The molecular weight excluding hydrogens is 475 g/mol. The van der Waals surface area contributed by atoms with E-state index in [0.717, 1.165) is 34.3 Å². The molecule has 176 valence electrons. The Morgan fingerprint density at radius 2 is 1.86 bits per heavy atom. The Hall–Kier alpha value is -4.57. The number of halogens is 2. The number of urea groups is 1. The highest BCUT2D eigenvalue weighted by Crippen LogP contribution is 2.31. The van der Waals surface area contributed by atoms with Crippen LogP contribution in [0.15, 0.2) is 73.2 Å². The fraction of sp³-hybridized carbons (Fsp3) is 0.0417. The molecule has 0 saturated heterocycles. The van der Waals surface area contributed by atoms with Gasteiger partial charge in [-0.05, 0) is 41.5 Å². The number of primary amides is 1. The number of rotatable bonds is 6. The number of aromatic nitrogens is 3. The van der Waals surface area contributed by atoms with Crippen molar-refractivity contribution in [2.75, 3.05) is 5.32 Å². The van der Waals surface area contributed by atoms with Crippen molar-refractivity contribution < 1.29 is 18.8 Å². The maximum atomic E-state index is 13.6. The number of carbonyl (C=O) groups excluding carboxylic acids is 3. The molecule has 0 radical (unpaired) electrons. The molecule has 0 aliphatic rings. The number of nitrogens with two attached hydrogens (primary N) is 1. The third kappa shape index (κ3) is 5.87. The van der Waals surface area contributed by atoms with Gasteiger partial charge in [0.2, 0.25) is 5.91 Å². The van der Waals surface area contributed by atoms with Crippen LogP contribution in [0.25, 0.3) is 22.2 Å². The number of imide groups is 1. The van der Waals surface area contributed by atoms with E-state index in [1.807, 2.05) is 34.1 Å². The monoisotopic (exact) mass is 492 g/mol. The fourth-order valence-electron chi connectivity index (χ4n) is 3.39. The number of amides is 4. The van der Waals surface area contributed by atoms with Gasteiger partial charge < -0.3 is 15.6 Å². The number of fused-ring (bicyclic) bond motifs is 1. The van der Waals surface area contributed by atoms with Gasteiger partial charge in [-0.3, -0.25) is 14.9 Å². The molecule has 0 saturated carbocycles. The van der Waals surface area contributed by atoms with Gasteiger partial charge >= 0.3 is 6.03 Å². The van der Waals surface area contributed by atoms with Gasteiger partial charge in [0.05, 0.1) is 22.4 Å². The topological polar surface area (TPSA) is 132 Å². The van der Waals surface area contributed by atoms with Crippen molar-refractivity contribution in [1.82, 2.24) is 19.9 Å². The smallest absolute Gasteiger partial charge is 0.319 e. The van der Waals surface area contributed by atoms with Gasteiger partial charge in [0.15, 0.2) is 0 Å². The molecule has 0 aliphatic carbocycles. The predicted molar refractivity (Wildman–Crippen MR) is 129 cm³/mol. The number of carbonyl (C=O) groups is 3. The number of benzene rings is 2. The molecule has 2 aromatic heterocycles. The van der Waals surface area contributed by atoms with E-state index in [9.17, 15) is 18.8 Å². The zero-order valence-corrected chi connectivity index (χ0v) is 18.8. The standard InChI is InChI=1S/C24H18ClFN6O3/c25-18-11-28-21(30-22(33)6-7-23(34)31-24(27)35)10-17(18)15-4-5-19-20(9-15)32(13-29-19)12-14-2-1-3-16(26)8-14/h1-11,13H,12H2,(H,28,30,33)(H3,27,31,34,35). The Morgan fingerprint density at radius 3 is 2.63 bits per heavy atom. The molecule has 2 aromatic carbocycles. The van der Waals surface area contributed by atoms with Gasteiger partial charge in [0.1, 0.15) is 11.6 Å². The van der Waals surface area contributed by atoms with Crippen LogP contribution < -0.4 is 16.4 Å². The minimum atomic E-state index is -1.03. The first-order valence-corrected chi connectivity index (χ1v) is 10.6. The lowest BCUT2D eigenvalue weighted by molar-refractivity contribution is -0.116. The highest BCUT2D eigenvalue weighted by molar-refractivity contribution is 6.33. The number of anilines is 1. The summed E-state index contributed by atoms with van der Waals surface area (Å²) < 4.78 is 15.5. The fourth-order valence-corrected chi connectivity index (χ4v) is 3.61. The summed E-state index contributed by atoms with van der Waals surface area (Å²) in [5, 5.41) is 4.69. The molecule has 0 bridgehead atoms. The van der Waals surface area contributed by atoms with Crippen molar-refractivity contribution in [3.05, 3.63) is 89.6 Å². The summed E-state index contributed by atoms with van der Waals surface area (Å²) in [6.07, 6.45) is 4.88. The molecule has 35 heavy (non-hydrogen) atoms. The predicted octanol–water partition coefficient (Wildman–Crippen LogP) is 3.63. The lowest BCUT2D eigenvalue weighted by Gasteiger charge is -2.09. The average molecular weight is 493 g/mol. The maximum Gasteiger partial charge on any atom is 0.319 e. The van der Waals surface area contributed by atoms with E-state index >= 15 is 0 Å². The van der Waals surface area contributed by atoms with Gasteiger partial charge in [-0.25, -0.2) is 19.2 Å². The first-order chi connectivity index (χ1) is 16.8. The Labute approximate surface area is 203 Å². The Balaban J connectivity index is 1.58. The zero-order chi connectivity index (χ0) is 24.9. The van der Waals surface area contributed by atoms with Crippen LogP contribution in [0.3, 0.4) is 0 Å². The van der Waals surface area contributed by atoms with Crippen molar-refractivity contribution in [2.24, 2.45) is 5.73 Å². The van der Waals surface area contributed by atoms with E-state index in [1.54, 1.807) is 18.5 Å². The second-order valence-electron chi connectivity index (χ2n) is 7.43. The highest BCUT2D eigenvalue weighted by Gasteiger charge is 2.11. The summed E-state index contributed by atoms with van der Waals surface area (Å²) in [6.45, 7) is 0.429. The molecule has 4 rings (SSSR count). The second kappa shape index (κ2) is 10.1. The van der Waals surface area contributed by atoms with E-state index in [2.05, 4.69) is 15.3 Å². The van der Waals surface area contributed by atoms with E-state index in [1.165, 1.54) is 18.3 Å². The van der Waals surface area contributed by atoms with Crippen LogP contribution in [0.5, 0.6) is 0 Å². The van der Waals surface area contributed by atoms with Crippen molar-refractivity contribution in [3.8, 4) is 11.1 Å². The van der Waals surface area contributed by atoms with Crippen LogP contribution in [0, 0.1) is 5.82 Å². The molecule has 0 spiro atoms. The maximum absolute atomic E-state index is 13.6. The van der Waals surface area contributed by atoms with Crippen molar-refractivity contribution >= 4 is 46.3 Å². The number of nitrogens with zero attached hydrogens (tertiary/aromatic N) is 3. The first-order valence-electron chi connectivity index (χ1n) is 10.2. The molecule has 9 nitrogen and oxygen atoms in total. The molecular formula is C24H18ClFN6O3. The highest BCUT2D eigenvalue weighted by atomic mass is 35.5. The summed E-state index contributed by atoms with van der Waals surface area (Å²) >= 11 is 6.38. The summed E-state index contributed by atoms with van der Waals surface area (Å²) in [4.78, 5) is 42.7. The lowest BCUT2D eigenvalue weighted by atomic mass is 10.1. The second-order valence-corrected chi connectivity index (χ2v) is 7.84. The van der Waals surface area contributed by atoms with Gasteiger partial charge in [-0.15, -0.1) is 0 Å². The van der Waals surface area contributed by atoms with E-state index in [-0.39, 0.29) is 11.6 Å². The number of nitrogens with one attached hydrogen (secondary N) is 2. The molecule has 11 heteroatoms. The molecule has 4 N–H and O–H groups in total. The van der Waals surface area contributed by atoms with Crippen LogP contribution in [0.4, 0.5) is 15.0 Å². The average Bonchev–Trinajstić information content (AvgIpc) is 3.20. The van der Waals surface area contributed by atoms with Crippen LogP contribution in [0.1, 0.15) is 5.56 Å². The third-order valence-corrected chi connectivity index (χ3v) is 5.21. The Bertz CT molecular complexity index is 1480. The number of imidazole rings is 1. The third-order valence-electron chi connectivity index (χ3n) is 4.91. The van der Waals surface area contributed by atoms with E-state index in [4.69, 9.17) is 17.3 Å². The van der Waals surface area contributed by atoms with Crippen LogP contribution in [0.2, 0.25) is 5.02 Å². The SMILES string of the molecule is NC(=O)NC(=O)C=CC(=O)Nc1cc(-c2ccc3ncn(Cc4cccc(F)c4)c3c2)c(Cl)cn1. The van der Waals surface area contributed by atoms with Crippen molar-refractivity contribution in [3.63, 3.8) is 0 Å². The molecule has 4 amide bonds. The quantitative estimate of drug-likeness (QED) is 0.354. The zero-order valence-electron chi connectivity index (χ0n) is 18.0. The minimum absolute atomic E-state index is 0.197. The number of hydrogen-bond acceptors (Lipinski definition) is 5. The molecule has 0 fully saturated rings. The van der Waals surface area contributed by atoms with E-state index < -0.39 is 17.8 Å². The van der Waals surface area contributed by atoms with Gasteiger partial charge in [0.25, 0.3) is 5.91 Å². The van der Waals surface area contributed by atoms with Crippen LogP contribution in [-0.4, -0.2) is 32.4 Å². The summed E-state index contributed by atoms with van der Waals surface area (Å²) in [6, 6.07) is 12.5. The minimum Gasteiger partial charge on any atom is -0.351 e. The first kappa shape index (κ1) is 23.6. The summed E-state index contributed by atoms with van der Waals surface area (Å²) in [7, 11) is 0. The van der Waals surface area contributed by atoms with Gasteiger partial charge in [-0.2, -0.15) is 0 Å². The van der Waals surface area contributed by atoms with Crippen LogP contribution >= 0.6 is 11.6 Å². The van der Waals surface area contributed by atoms with Crippen molar-refractivity contribution in [2.45, 2.75) is 6.54 Å². The van der Waals surface area contributed by atoms with Gasteiger partial charge in [-0.1, -0.05) is 29.8 Å². The summed E-state index contributed by atoms with van der Waals surface area (Å²) in [5.41, 5.74) is 8.55. The molecule has 4 aromatic rings. The number of hydrogen-bond donors (Lipinski definition) is 3. The number of pyridine rings is 1. The molecule has 2 heterocycles. The molecule has 0 unspecified atom stereocenters. The lowest BCUT2D eigenvalue weighted by Crippen LogP contribution is -2.33.